The van der Waals surface area contributed by atoms with Crippen LogP contribution in [0, 0.1) is 17.0 Å². The Bertz CT molecular complexity index is 450. The SMILES string of the molecule is Cc1ccnc(OC2CCCCC2N)c1[N+](=O)[O-]. The first-order chi connectivity index (χ1) is 8.59. The van der Waals surface area contributed by atoms with Gasteiger partial charge in [0.2, 0.25) is 0 Å². The van der Waals surface area contributed by atoms with Gasteiger partial charge in [0, 0.05) is 17.8 Å². The van der Waals surface area contributed by atoms with Crippen LogP contribution in [0.1, 0.15) is 31.2 Å². The van der Waals surface area contributed by atoms with E-state index >= 15 is 0 Å². The van der Waals surface area contributed by atoms with E-state index in [0.29, 0.717) is 5.56 Å². The van der Waals surface area contributed by atoms with E-state index in [1.54, 1.807) is 13.0 Å². The maximum Gasteiger partial charge on any atom is 0.333 e. The number of pyridine rings is 1. The van der Waals surface area contributed by atoms with Gasteiger partial charge in [-0.05, 0) is 32.3 Å². The standard InChI is InChI=1S/C12H17N3O3/c1-8-6-7-14-12(11(8)15(16)17)18-10-5-3-2-4-9(10)13/h6-7,9-10H,2-5,13H2,1H3. The second-order valence-electron chi connectivity index (χ2n) is 4.64. The van der Waals surface area contributed by atoms with Crippen LogP contribution < -0.4 is 10.5 Å². The minimum absolute atomic E-state index is 0.0599. The van der Waals surface area contributed by atoms with Gasteiger partial charge in [0.25, 0.3) is 5.88 Å². The lowest BCUT2D eigenvalue weighted by molar-refractivity contribution is -0.387. The predicted molar refractivity (Wildman–Crippen MR) is 66.5 cm³/mol. The summed E-state index contributed by atoms with van der Waals surface area (Å²) in [6.07, 6.45) is 5.19. The lowest BCUT2D eigenvalue weighted by Crippen LogP contribution is -2.41. The minimum Gasteiger partial charge on any atom is -0.468 e. The van der Waals surface area contributed by atoms with Crippen molar-refractivity contribution in [2.45, 2.75) is 44.8 Å². The molecule has 0 aliphatic heterocycles. The van der Waals surface area contributed by atoms with Crippen molar-refractivity contribution < 1.29 is 9.66 Å². The Balaban J connectivity index is 2.23. The summed E-state index contributed by atoms with van der Waals surface area (Å²) >= 11 is 0. The van der Waals surface area contributed by atoms with Crippen molar-refractivity contribution in [3.05, 3.63) is 27.9 Å². The van der Waals surface area contributed by atoms with Crippen molar-refractivity contribution in [3.8, 4) is 5.88 Å². The topological polar surface area (TPSA) is 91.3 Å². The third-order valence-electron chi connectivity index (χ3n) is 3.29. The summed E-state index contributed by atoms with van der Waals surface area (Å²) in [5, 5.41) is 11.0. The van der Waals surface area contributed by atoms with Crippen molar-refractivity contribution in [3.63, 3.8) is 0 Å². The fourth-order valence-corrected chi connectivity index (χ4v) is 2.25. The molecular weight excluding hydrogens is 234 g/mol. The summed E-state index contributed by atoms with van der Waals surface area (Å²) in [6.45, 7) is 1.67. The highest BCUT2D eigenvalue weighted by atomic mass is 16.6. The van der Waals surface area contributed by atoms with Gasteiger partial charge in [-0.25, -0.2) is 4.98 Å². The highest BCUT2D eigenvalue weighted by Crippen LogP contribution is 2.30. The van der Waals surface area contributed by atoms with Gasteiger partial charge in [-0.1, -0.05) is 6.42 Å². The first-order valence-electron chi connectivity index (χ1n) is 6.12. The molecule has 2 atom stereocenters. The van der Waals surface area contributed by atoms with Crippen LogP contribution in [-0.2, 0) is 0 Å². The van der Waals surface area contributed by atoms with E-state index in [1.165, 1.54) is 6.20 Å². The monoisotopic (exact) mass is 251 g/mol. The zero-order valence-corrected chi connectivity index (χ0v) is 10.3. The highest BCUT2D eigenvalue weighted by molar-refractivity contribution is 5.47. The normalized spacial score (nSPS) is 23.7. The van der Waals surface area contributed by atoms with Crippen molar-refractivity contribution in [2.24, 2.45) is 5.73 Å². The van der Waals surface area contributed by atoms with E-state index in [0.717, 1.165) is 25.7 Å². The van der Waals surface area contributed by atoms with E-state index in [1.807, 2.05) is 0 Å². The number of hydrogen-bond acceptors (Lipinski definition) is 5. The first-order valence-corrected chi connectivity index (χ1v) is 6.12. The average Bonchev–Trinajstić information content (AvgIpc) is 2.31. The zero-order valence-electron chi connectivity index (χ0n) is 10.3. The van der Waals surface area contributed by atoms with Crippen LogP contribution in [0.3, 0.4) is 0 Å². The van der Waals surface area contributed by atoms with Gasteiger partial charge in [0.1, 0.15) is 6.10 Å². The van der Waals surface area contributed by atoms with E-state index in [2.05, 4.69) is 4.98 Å². The number of aryl methyl sites for hydroxylation is 1. The Morgan fingerprint density at radius 1 is 1.50 bits per heavy atom. The molecule has 0 aromatic carbocycles. The molecule has 1 fully saturated rings. The first kappa shape index (κ1) is 12.8. The van der Waals surface area contributed by atoms with Crippen LogP contribution in [0.4, 0.5) is 5.69 Å². The lowest BCUT2D eigenvalue weighted by atomic mass is 9.93. The minimum atomic E-state index is -0.452. The van der Waals surface area contributed by atoms with Crippen LogP contribution in [0.15, 0.2) is 12.3 Å². The van der Waals surface area contributed by atoms with Crippen LogP contribution in [0.2, 0.25) is 0 Å². The third-order valence-corrected chi connectivity index (χ3v) is 3.29. The predicted octanol–water partition coefficient (Wildman–Crippen LogP) is 1.95. The maximum atomic E-state index is 11.0. The summed E-state index contributed by atoms with van der Waals surface area (Å²) in [6, 6.07) is 1.53. The number of nitrogens with zero attached hydrogens (tertiary/aromatic N) is 2. The molecule has 0 radical (unpaired) electrons. The second kappa shape index (κ2) is 5.30. The van der Waals surface area contributed by atoms with Gasteiger partial charge >= 0.3 is 5.69 Å². The summed E-state index contributed by atoms with van der Waals surface area (Å²) in [5.74, 6) is 0.0855. The van der Waals surface area contributed by atoms with Crippen molar-refractivity contribution >= 4 is 5.69 Å². The quantitative estimate of drug-likeness (QED) is 0.654. The molecule has 1 aromatic heterocycles. The summed E-state index contributed by atoms with van der Waals surface area (Å²) in [7, 11) is 0. The molecule has 1 aliphatic rings. The fraction of sp³-hybridized carbons (Fsp3) is 0.583. The molecule has 2 unspecified atom stereocenters. The summed E-state index contributed by atoms with van der Waals surface area (Å²) in [5.41, 5.74) is 6.46. The van der Waals surface area contributed by atoms with Gasteiger partial charge in [-0.3, -0.25) is 10.1 Å². The molecule has 1 aromatic rings. The molecule has 6 nitrogen and oxygen atoms in total. The van der Waals surface area contributed by atoms with Gasteiger partial charge in [-0.15, -0.1) is 0 Å². The summed E-state index contributed by atoms with van der Waals surface area (Å²) < 4.78 is 5.66. The van der Waals surface area contributed by atoms with Crippen molar-refractivity contribution in [1.82, 2.24) is 4.98 Å². The molecule has 6 heteroatoms. The number of aromatic nitrogens is 1. The molecule has 0 bridgehead atoms. The van der Waals surface area contributed by atoms with E-state index in [-0.39, 0.29) is 23.7 Å². The van der Waals surface area contributed by atoms with Crippen LogP contribution in [-0.4, -0.2) is 22.1 Å². The van der Waals surface area contributed by atoms with E-state index < -0.39 is 4.92 Å². The van der Waals surface area contributed by atoms with E-state index in [4.69, 9.17) is 10.5 Å². The third kappa shape index (κ3) is 2.59. The Hall–Kier alpha value is -1.69. The fourth-order valence-electron chi connectivity index (χ4n) is 2.25. The van der Waals surface area contributed by atoms with Gasteiger partial charge in [-0.2, -0.15) is 0 Å². The molecule has 2 N–H and O–H groups in total. The molecule has 0 spiro atoms. The van der Waals surface area contributed by atoms with Gasteiger partial charge in [0.05, 0.1) is 4.92 Å². The van der Waals surface area contributed by atoms with Gasteiger partial charge in [0.15, 0.2) is 0 Å². The van der Waals surface area contributed by atoms with Crippen molar-refractivity contribution in [2.75, 3.05) is 0 Å². The molecule has 1 aliphatic carbocycles. The number of rotatable bonds is 3. The van der Waals surface area contributed by atoms with Crippen molar-refractivity contribution in [1.29, 1.82) is 0 Å². The number of nitrogens with two attached hydrogens (primary N) is 1. The van der Waals surface area contributed by atoms with E-state index in [9.17, 15) is 10.1 Å². The Kier molecular flexibility index (Phi) is 3.76. The molecule has 0 amide bonds. The lowest BCUT2D eigenvalue weighted by Gasteiger charge is -2.28. The number of ether oxygens (including phenoxy) is 1. The van der Waals surface area contributed by atoms with Crippen LogP contribution in [0.25, 0.3) is 0 Å². The second-order valence-corrected chi connectivity index (χ2v) is 4.64. The smallest absolute Gasteiger partial charge is 0.333 e. The Labute approximate surface area is 105 Å². The molecule has 1 heterocycles. The number of nitro groups is 1. The highest BCUT2D eigenvalue weighted by Gasteiger charge is 2.28. The molecular formula is C12H17N3O3. The maximum absolute atomic E-state index is 11.0. The zero-order chi connectivity index (χ0) is 13.1. The number of hydrogen-bond donors (Lipinski definition) is 1. The molecule has 0 saturated heterocycles. The molecule has 1 saturated carbocycles. The van der Waals surface area contributed by atoms with Gasteiger partial charge < -0.3 is 10.5 Å². The molecule has 98 valence electrons. The molecule has 2 rings (SSSR count). The van der Waals surface area contributed by atoms with Crippen LogP contribution in [0.5, 0.6) is 5.88 Å². The van der Waals surface area contributed by atoms with Crippen LogP contribution >= 0.6 is 0 Å². The summed E-state index contributed by atoms with van der Waals surface area (Å²) in [4.78, 5) is 14.5. The Morgan fingerprint density at radius 3 is 2.89 bits per heavy atom. The largest absolute Gasteiger partial charge is 0.468 e. The molecule has 18 heavy (non-hydrogen) atoms. The average molecular weight is 251 g/mol. The Morgan fingerprint density at radius 2 is 2.22 bits per heavy atom.